The molecule has 0 aliphatic carbocycles. The summed E-state index contributed by atoms with van der Waals surface area (Å²) in [5.41, 5.74) is 9.81. The van der Waals surface area contributed by atoms with Crippen molar-refractivity contribution in [2.75, 3.05) is 0 Å². The predicted molar refractivity (Wildman–Crippen MR) is 29.3 cm³/mol. The summed E-state index contributed by atoms with van der Waals surface area (Å²) in [7, 11) is 0. The van der Waals surface area contributed by atoms with Gasteiger partial charge in [-0.1, -0.05) is 5.92 Å². The van der Waals surface area contributed by atoms with E-state index in [9.17, 15) is 0 Å². The topological polar surface area (TPSA) is 64.4 Å². The first-order valence-corrected chi connectivity index (χ1v) is 1.77. The summed E-state index contributed by atoms with van der Waals surface area (Å²) in [6.45, 7) is 1.66. The molecule has 0 aromatic rings. The number of guanidine groups is 1. The lowest BCUT2D eigenvalue weighted by molar-refractivity contribution is 1.47. The molecule has 0 aromatic heterocycles. The summed E-state index contributed by atoms with van der Waals surface area (Å²) in [6.07, 6.45) is 0. The molecule has 0 aliphatic rings. The van der Waals surface area contributed by atoms with Crippen LogP contribution < -0.4 is 11.5 Å². The molecule has 3 heteroatoms. The minimum Gasteiger partial charge on any atom is -0.369 e. The van der Waals surface area contributed by atoms with Crippen molar-refractivity contribution in [3.8, 4) is 12.0 Å². The van der Waals surface area contributed by atoms with Crippen molar-refractivity contribution in [2.45, 2.75) is 6.92 Å². The van der Waals surface area contributed by atoms with Crippen molar-refractivity contribution >= 4 is 5.96 Å². The van der Waals surface area contributed by atoms with Crippen molar-refractivity contribution in [2.24, 2.45) is 16.5 Å². The van der Waals surface area contributed by atoms with E-state index < -0.39 is 0 Å². The minimum atomic E-state index is 0.00866. The highest BCUT2D eigenvalue weighted by Crippen LogP contribution is 1.55. The maximum absolute atomic E-state index is 4.90. The summed E-state index contributed by atoms with van der Waals surface area (Å²) in [5, 5.41) is 0. The normalized spacial score (nSPS) is 5.86. The highest BCUT2D eigenvalue weighted by molar-refractivity contribution is 5.76. The zero-order chi connectivity index (χ0) is 5.70. The third-order valence-corrected chi connectivity index (χ3v) is 0.297. The van der Waals surface area contributed by atoms with Crippen LogP contribution >= 0.6 is 0 Å². The molecule has 0 bridgehead atoms. The second-order valence-corrected chi connectivity index (χ2v) is 0.898. The fourth-order valence-electron chi connectivity index (χ4n) is 0.120. The monoisotopic (exact) mass is 97.1 g/mol. The van der Waals surface area contributed by atoms with E-state index in [1.807, 2.05) is 0 Å². The van der Waals surface area contributed by atoms with Crippen molar-refractivity contribution in [1.29, 1.82) is 0 Å². The van der Waals surface area contributed by atoms with Gasteiger partial charge in [0.1, 0.15) is 0 Å². The van der Waals surface area contributed by atoms with Gasteiger partial charge in [0.05, 0.1) is 0 Å². The fraction of sp³-hybridized carbons (Fsp3) is 0.250. The van der Waals surface area contributed by atoms with E-state index in [-0.39, 0.29) is 5.96 Å². The number of nitrogens with two attached hydrogens (primary N) is 2. The molecule has 4 N–H and O–H groups in total. The van der Waals surface area contributed by atoms with Gasteiger partial charge in [0.15, 0.2) is 5.96 Å². The average molecular weight is 97.1 g/mol. The van der Waals surface area contributed by atoms with Crippen molar-refractivity contribution in [1.82, 2.24) is 0 Å². The summed E-state index contributed by atoms with van der Waals surface area (Å²) < 4.78 is 0. The van der Waals surface area contributed by atoms with E-state index in [2.05, 4.69) is 17.0 Å². The van der Waals surface area contributed by atoms with E-state index in [4.69, 9.17) is 11.5 Å². The lowest BCUT2D eigenvalue weighted by Gasteiger charge is -1.76. The molecule has 38 valence electrons. The Kier molecular flexibility index (Phi) is 2.53. The van der Waals surface area contributed by atoms with Crippen LogP contribution in [0.3, 0.4) is 0 Å². The number of rotatable bonds is 0. The van der Waals surface area contributed by atoms with Gasteiger partial charge in [-0.25, -0.2) is 0 Å². The maximum atomic E-state index is 4.90. The summed E-state index contributed by atoms with van der Waals surface area (Å²) in [4.78, 5) is 3.35. The van der Waals surface area contributed by atoms with Gasteiger partial charge in [0.25, 0.3) is 0 Å². The Hall–Kier alpha value is -1.17. The van der Waals surface area contributed by atoms with E-state index >= 15 is 0 Å². The number of nitrogens with zero attached hydrogens (tertiary/aromatic N) is 1. The Bertz CT molecular complexity index is 122. The SMILES string of the molecule is CC#CN=C(N)N. The second kappa shape index (κ2) is 3.04. The van der Waals surface area contributed by atoms with Gasteiger partial charge >= 0.3 is 0 Å². The highest BCUT2D eigenvalue weighted by Gasteiger charge is 1.66. The van der Waals surface area contributed by atoms with Gasteiger partial charge in [0, 0.05) is 6.04 Å². The molecule has 0 atom stereocenters. The number of hydrogen-bond donors (Lipinski definition) is 2. The van der Waals surface area contributed by atoms with Gasteiger partial charge in [0.2, 0.25) is 0 Å². The van der Waals surface area contributed by atoms with Crippen LogP contribution in [0, 0.1) is 12.0 Å². The van der Waals surface area contributed by atoms with Crippen LogP contribution in [0.4, 0.5) is 0 Å². The molecule has 3 nitrogen and oxygen atoms in total. The first-order valence-electron chi connectivity index (χ1n) is 1.77. The molecule has 0 unspecified atom stereocenters. The molecule has 0 aromatic carbocycles. The number of aliphatic imine (C=N–C) groups is 1. The third-order valence-electron chi connectivity index (χ3n) is 0.297. The first-order chi connectivity index (χ1) is 3.27. The van der Waals surface area contributed by atoms with Gasteiger partial charge in [-0.2, -0.15) is 4.99 Å². The van der Waals surface area contributed by atoms with Gasteiger partial charge in [-0.05, 0) is 6.92 Å². The van der Waals surface area contributed by atoms with Crippen LogP contribution in [0.25, 0.3) is 0 Å². The zero-order valence-corrected chi connectivity index (χ0v) is 4.10. The number of hydrogen-bond acceptors (Lipinski definition) is 1. The summed E-state index contributed by atoms with van der Waals surface area (Å²) in [6, 6.07) is 2.34. The maximum Gasteiger partial charge on any atom is 0.199 e. The Morgan fingerprint density at radius 3 is 2.29 bits per heavy atom. The van der Waals surface area contributed by atoms with Crippen LogP contribution in [-0.2, 0) is 0 Å². The molecule has 0 spiro atoms. The summed E-state index contributed by atoms with van der Waals surface area (Å²) >= 11 is 0. The van der Waals surface area contributed by atoms with Crippen LogP contribution in [0.2, 0.25) is 0 Å². The molecular weight excluding hydrogens is 90.1 g/mol. The molecular formula is C4H7N3. The average Bonchev–Trinajstić information content (AvgIpc) is 1.61. The molecule has 0 amide bonds. The van der Waals surface area contributed by atoms with Crippen molar-refractivity contribution < 1.29 is 0 Å². The second-order valence-electron chi connectivity index (χ2n) is 0.898. The lowest BCUT2D eigenvalue weighted by atomic mass is 10.8. The van der Waals surface area contributed by atoms with E-state index in [0.717, 1.165) is 0 Å². The van der Waals surface area contributed by atoms with Gasteiger partial charge < -0.3 is 11.5 Å². The molecule has 0 fully saturated rings. The highest BCUT2D eigenvalue weighted by atomic mass is 15.0. The molecule has 7 heavy (non-hydrogen) atoms. The van der Waals surface area contributed by atoms with Crippen LogP contribution in [0.15, 0.2) is 4.99 Å². The van der Waals surface area contributed by atoms with Gasteiger partial charge in [-0.15, -0.1) is 0 Å². The quantitative estimate of drug-likeness (QED) is 0.237. The minimum absolute atomic E-state index is 0.00866. The molecule has 0 aliphatic heterocycles. The van der Waals surface area contributed by atoms with E-state index in [1.54, 1.807) is 6.92 Å². The molecule has 0 rings (SSSR count). The van der Waals surface area contributed by atoms with Crippen LogP contribution in [0.1, 0.15) is 6.92 Å². The summed E-state index contributed by atoms with van der Waals surface area (Å²) in [5.74, 6) is 2.51. The Balaban J connectivity index is 3.61. The van der Waals surface area contributed by atoms with Crippen molar-refractivity contribution in [3.05, 3.63) is 0 Å². The third kappa shape index (κ3) is 4.83. The predicted octanol–water partition coefficient (Wildman–Crippen LogP) is -0.759. The molecule has 0 radical (unpaired) electrons. The first kappa shape index (κ1) is 5.83. The Labute approximate surface area is 42.4 Å². The van der Waals surface area contributed by atoms with E-state index in [0.29, 0.717) is 0 Å². The molecule has 0 heterocycles. The fourth-order valence-corrected chi connectivity index (χ4v) is 0.120. The standard InChI is InChI=1S/C4H7N3/c1-2-3-7-4(5)6/h1H3,(H4,5,6,7). The van der Waals surface area contributed by atoms with Crippen LogP contribution in [-0.4, -0.2) is 5.96 Å². The van der Waals surface area contributed by atoms with E-state index in [1.165, 1.54) is 0 Å². The zero-order valence-electron chi connectivity index (χ0n) is 4.10. The van der Waals surface area contributed by atoms with Crippen LogP contribution in [0.5, 0.6) is 0 Å². The smallest absolute Gasteiger partial charge is 0.199 e. The lowest BCUT2D eigenvalue weighted by Crippen LogP contribution is -2.21. The Morgan fingerprint density at radius 2 is 2.14 bits per heavy atom. The molecule has 0 saturated carbocycles. The molecule has 0 saturated heterocycles. The largest absolute Gasteiger partial charge is 0.369 e. The van der Waals surface area contributed by atoms with Crippen molar-refractivity contribution in [3.63, 3.8) is 0 Å². The Morgan fingerprint density at radius 1 is 1.57 bits per heavy atom. The van der Waals surface area contributed by atoms with Gasteiger partial charge in [-0.3, -0.25) is 0 Å².